The number of nitrogens with zero attached hydrogens (tertiary/aromatic N) is 2. The Morgan fingerprint density at radius 3 is 2.41 bits per heavy atom. The molecule has 0 bridgehead atoms. The van der Waals surface area contributed by atoms with E-state index in [1.807, 2.05) is 0 Å². The number of allylic oxidation sites excluding steroid dienone is 1. The first-order valence-corrected chi connectivity index (χ1v) is 12.8. The normalized spacial score (nSPS) is 15.2. The fourth-order valence-corrected chi connectivity index (χ4v) is 5.62. The Balaban J connectivity index is 1.97. The molecule has 4 rings (SSSR count). The highest BCUT2D eigenvalue weighted by atomic mass is 79.9. The summed E-state index contributed by atoms with van der Waals surface area (Å²) in [6.07, 6.45) is 1.67. The first-order valence-electron chi connectivity index (χ1n) is 11.1. The van der Waals surface area contributed by atoms with E-state index < -0.39 is 18.0 Å². The molecular formula is C26H23BrN2O7S. The molecule has 0 radical (unpaired) electrons. The molecule has 0 aliphatic carbocycles. The van der Waals surface area contributed by atoms with Crippen molar-refractivity contribution in [2.45, 2.75) is 19.9 Å². The molecule has 9 nitrogen and oxygen atoms in total. The average Bonchev–Trinajstić information content (AvgIpc) is 3.17. The molecule has 37 heavy (non-hydrogen) atoms. The summed E-state index contributed by atoms with van der Waals surface area (Å²) < 4.78 is 18.7. The highest BCUT2D eigenvalue weighted by molar-refractivity contribution is 9.10. The van der Waals surface area contributed by atoms with Crippen molar-refractivity contribution in [3.8, 4) is 11.5 Å². The van der Waals surface area contributed by atoms with Gasteiger partial charge in [0.25, 0.3) is 5.56 Å². The van der Waals surface area contributed by atoms with Crippen LogP contribution in [-0.2, 0) is 9.53 Å². The van der Waals surface area contributed by atoms with Gasteiger partial charge in [-0.2, -0.15) is 0 Å². The van der Waals surface area contributed by atoms with Crippen LogP contribution >= 0.6 is 27.3 Å². The lowest BCUT2D eigenvalue weighted by Crippen LogP contribution is -2.40. The van der Waals surface area contributed by atoms with Gasteiger partial charge < -0.3 is 19.3 Å². The molecule has 1 aliphatic rings. The van der Waals surface area contributed by atoms with Crippen LogP contribution in [-0.4, -0.2) is 42.4 Å². The highest BCUT2D eigenvalue weighted by Gasteiger charge is 2.35. The minimum atomic E-state index is -1.03. The Hall–Kier alpha value is -3.70. The Labute approximate surface area is 224 Å². The van der Waals surface area contributed by atoms with Crippen LogP contribution in [0.3, 0.4) is 0 Å². The number of fused-ring (bicyclic) bond motifs is 1. The fourth-order valence-electron chi connectivity index (χ4n) is 4.04. The Morgan fingerprint density at radius 1 is 1.16 bits per heavy atom. The van der Waals surface area contributed by atoms with Crippen LogP contribution in [0.15, 0.2) is 61.9 Å². The van der Waals surface area contributed by atoms with Crippen LogP contribution in [0.4, 0.5) is 0 Å². The van der Waals surface area contributed by atoms with Crippen molar-refractivity contribution >= 4 is 45.3 Å². The summed E-state index contributed by atoms with van der Waals surface area (Å²) in [6.45, 7) is 3.57. The number of halogens is 1. The zero-order chi connectivity index (χ0) is 26.9. The maximum Gasteiger partial charge on any atom is 0.338 e. The summed E-state index contributed by atoms with van der Waals surface area (Å²) >= 11 is 4.74. The number of aromatic carboxylic acids is 1. The Kier molecular flexibility index (Phi) is 7.65. The van der Waals surface area contributed by atoms with Crippen molar-refractivity contribution in [1.29, 1.82) is 0 Å². The van der Waals surface area contributed by atoms with Gasteiger partial charge in [0.05, 0.1) is 48.2 Å². The minimum Gasteiger partial charge on any atom is -0.493 e. The number of rotatable bonds is 7. The zero-order valence-electron chi connectivity index (χ0n) is 20.4. The zero-order valence-corrected chi connectivity index (χ0v) is 22.8. The van der Waals surface area contributed by atoms with Gasteiger partial charge in [-0.25, -0.2) is 14.6 Å². The third-order valence-corrected chi connectivity index (χ3v) is 7.44. The average molecular weight is 587 g/mol. The maximum absolute atomic E-state index is 13.7. The molecule has 1 N–H and O–H groups in total. The number of benzene rings is 2. The van der Waals surface area contributed by atoms with Crippen LogP contribution < -0.4 is 24.4 Å². The summed E-state index contributed by atoms with van der Waals surface area (Å²) in [4.78, 5) is 43.0. The van der Waals surface area contributed by atoms with Crippen molar-refractivity contribution in [2.75, 3.05) is 20.8 Å². The van der Waals surface area contributed by atoms with Crippen LogP contribution in [0.1, 0.15) is 41.4 Å². The van der Waals surface area contributed by atoms with Gasteiger partial charge in [0.15, 0.2) is 16.3 Å². The van der Waals surface area contributed by atoms with Gasteiger partial charge in [0.2, 0.25) is 0 Å². The lowest BCUT2D eigenvalue weighted by atomic mass is 9.95. The Morgan fingerprint density at radius 2 is 1.81 bits per heavy atom. The number of carboxylic acids is 1. The van der Waals surface area contributed by atoms with Gasteiger partial charge in [0, 0.05) is 4.47 Å². The van der Waals surface area contributed by atoms with Gasteiger partial charge in [0.1, 0.15) is 0 Å². The molecule has 1 aliphatic heterocycles. The quantitative estimate of drug-likeness (QED) is 0.422. The van der Waals surface area contributed by atoms with E-state index in [4.69, 9.17) is 19.3 Å². The number of methoxy groups -OCH3 is 2. The monoisotopic (exact) mass is 586 g/mol. The second-order valence-electron chi connectivity index (χ2n) is 7.96. The van der Waals surface area contributed by atoms with E-state index in [-0.39, 0.29) is 23.3 Å². The highest BCUT2D eigenvalue weighted by Crippen LogP contribution is 2.40. The van der Waals surface area contributed by atoms with Crippen molar-refractivity contribution in [3.05, 3.63) is 88.5 Å². The molecule has 0 amide bonds. The molecule has 2 aromatic carbocycles. The predicted octanol–water partition coefficient (Wildman–Crippen LogP) is 3.28. The summed E-state index contributed by atoms with van der Waals surface area (Å²) in [5.41, 5.74) is 1.70. The summed E-state index contributed by atoms with van der Waals surface area (Å²) in [5, 5.41) is 9.15. The first-order chi connectivity index (χ1) is 17.7. The first kappa shape index (κ1) is 26.4. The number of carbonyl (C=O) groups is 2. The molecule has 1 aromatic heterocycles. The lowest BCUT2D eigenvalue weighted by Gasteiger charge is -2.26. The molecule has 0 spiro atoms. The van der Waals surface area contributed by atoms with Crippen molar-refractivity contribution in [2.24, 2.45) is 4.99 Å². The minimum absolute atomic E-state index is 0.145. The number of ether oxygens (including phenoxy) is 3. The number of thiazole rings is 1. The molecule has 0 saturated heterocycles. The number of aromatic nitrogens is 1. The number of carbonyl (C=O) groups excluding carboxylic acids is 1. The van der Waals surface area contributed by atoms with E-state index >= 15 is 0 Å². The van der Waals surface area contributed by atoms with E-state index in [9.17, 15) is 14.4 Å². The van der Waals surface area contributed by atoms with E-state index in [1.54, 1.807) is 44.2 Å². The van der Waals surface area contributed by atoms with Crippen LogP contribution in [0.5, 0.6) is 11.5 Å². The van der Waals surface area contributed by atoms with Crippen molar-refractivity contribution in [3.63, 3.8) is 0 Å². The molecule has 0 unspecified atom stereocenters. The van der Waals surface area contributed by atoms with Crippen molar-refractivity contribution < 1.29 is 28.9 Å². The molecule has 0 saturated carbocycles. The second kappa shape index (κ2) is 10.7. The van der Waals surface area contributed by atoms with Crippen molar-refractivity contribution in [1.82, 2.24) is 4.57 Å². The van der Waals surface area contributed by atoms with Crippen LogP contribution in [0.25, 0.3) is 6.08 Å². The number of hydrogen-bond donors (Lipinski definition) is 1. The topological polar surface area (TPSA) is 116 Å². The number of hydrogen-bond acceptors (Lipinski definition) is 8. The summed E-state index contributed by atoms with van der Waals surface area (Å²) in [5.74, 6) is -0.699. The maximum atomic E-state index is 13.7. The van der Waals surface area contributed by atoms with E-state index in [2.05, 4.69) is 20.9 Å². The smallest absolute Gasteiger partial charge is 0.338 e. The standard InChI is InChI=1S/C26H23BrN2O7S/c1-5-36-25(33)21-13(2)28-26-29(22(21)16-11-18(34-3)19(35-4)12-17(16)27)23(30)20(37-26)10-14-6-8-15(9-7-14)24(31)32/h6-12,22H,5H2,1-4H3,(H,31,32)/b20-10-/t22-/m0/s1. The van der Waals surface area contributed by atoms with Gasteiger partial charge in [-0.15, -0.1) is 0 Å². The van der Waals surface area contributed by atoms with E-state index in [1.165, 1.54) is 42.3 Å². The van der Waals surface area contributed by atoms with E-state index in [0.29, 0.717) is 42.1 Å². The molecule has 0 fully saturated rings. The summed E-state index contributed by atoms with van der Waals surface area (Å²) in [7, 11) is 3.02. The third-order valence-electron chi connectivity index (χ3n) is 5.77. The van der Waals surface area contributed by atoms with Gasteiger partial charge >= 0.3 is 11.9 Å². The van der Waals surface area contributed by atoms with Gasteiger partial charge in [-0.1, -0.05) is 39.4 Å². The predicted molar refractivity (Wildman–Crippen MR) is 141 cm³/mol. The number of esters is 1. The van der Waals surface area contributed by atoms with Gasteiger partial charge in [-0.05, 0) is 55.3 Å². The SMILES string of the molecule is CCOC(=O)C1=C(C)N=c2s/c(=C\c3ccc(C(=O)O)cc3)c(=O)n2[C@H]1c1cc(OC)c(OC)cc1Br. The molecule has 2 heterocycles. The largest absolute Gasteiger partial charge is 0.493 e. The lowest BCUT2D eigenvalue weighted by molar-refractivity contribution is -0.139. The molecule has 192 valence electrons. The molecule has 3 aromatic rings. The molecular weight excluding hydrogens is 564 g/mol. The summed E-state index contributed by atoms with van der Waals surface area (Å²) in [6, 6.07) is 8.77. The number of carboxylic acid groups (broad SMARTS) is 1. The molecule has 1 atom stereocenters. The van der Waals surface area contributed by atoms with Crippen LogP contribution in [0, 0.1) is 0 Å². The second-order valence-corrected chi connectivity index (χ2v) is 9.82. The van der Waals surface area contributed by atoms with Crippen LogP contribution in [0.2, 0.25) is 0 Å². The molecule has 11 heteroatoms. The van der Waals surface area contributed by atoms with E-state index in [0.717, 1.165) is 0 Å². The fraction of sp³-hybridized carbons (Fsp3) is 0.231. The Bertz CT molecular complexity index is 1600. The third kappa shape index (κ3) is 4.96. The van der Waals surface area contributed by atoms with Gasteiger partial charge in [-0.3, -0.25) is 9.36 Å².